The molecule has 0 aromatic carbocycles. The van der Waals surface area contributed by atoms with Crippen LogP contribution in [0.15, 0.2) is 17.1 Å². The molecule has 0 bridgehead atoms. The van der Waals surface area contributed by atoms with Crippen LogP contribution in [0.5, 0.6) is 0 Å². The third-order valence-corrected chi connectivity index (χ3v) is 10.1. The van der Waals surface area contributed by atoms with Crippen molar-refractivity contribution in [2.24, 2.45) is 0 Å². The Hall–Kier alpha value is -0.140. The second-order valence-electron chi connectivity index (χ2n) is 10.4. The van der Waals surface area contributed by atoms with Crippen molar-refractivity contribution >= 4 is 50.8 Å². The molecule has 1 aliphatic rings. The Bertz CT molecular complexity index is 1030. The van der Waals surface area contributed by atoms with Gasteiger partial charge in [0.05, 0.1) is 12.8 Å². The summed E-state index contributed by atoms with van der Waals surface area (Å²) in [7, 11) is -9.41. The summed E-state index contributed by atoms with van der Waals surface area (Å²) in [5.74, 6) is -0.0462. The number of phosphoric ester groups is 1. The van der Waals surface area contributed by atoms with Gasteiger partial charge in [0.2, 0.25) is 0 Å². The fraction of sp³-hybridized carbons (Fsp3) is 0.840. The standard InChI is InChI=1S/C25H47N3O10P2.Na/c1-2-3-4-5-6-7-8-9-10-11-12-13-14-15-18-39(32,33)38-40(34,35)36-19-20-22(29)23(30)24(37-20)28-17-16-21(26)27-25(28)31;/h16-17,20,22-24,29-30H,2-15,18-19H2,1H3,(H,32,33)(H,34,35)(H2,26,27,31);. The van der Waals surface area contributed by atoms with Crippen LogP contribution in [-0.4, -0.2) is 90.2 Å². The van der Waals surface area contributed by atoms with Crippen LogP contribution in [0.1, 0.15) is 103 Å². The molecule has 0 saturated carbocycles. The molecule has 0 amide bonds. The number of unbranched alkanes of at least 4 members (excludes halogenated alkanes) is 13. The molecule has 2 rings (SSSR count). The Kier molecular flexibility index (Phi) is 19.0. The third kappa shape index (κ3) is 14.9. The molecule has 41 heavy (non-hydrogen) atoms. The van der Waals surface area contributed by atoms with E-state index in [1.807, 2.05) is 0 Å². The van der Waals surface area contributed by atoms with Gasteiger partial charge in [0.15, 0.2) is 6.23 Å². The van der Waals surface area contributed by atoms with Crippen molar-refractivity contribution in [2.75, 3.05) is 18.5 Å². The van der Waals surface area contributed by atoms with Crippen LogP contribution in [0, 0.1) is 0 Å². The first kappa shape index (κ1) is 38.9. The molecule has 6 atom stereocenters. The molecule has 16 heteroatoms. The van der Waals surface area contributed by atoms with Gasteiger partial charge in [0, 0.05) is 35.8 Å². The summed E-state index contributed by atoms with van der Waals surface area (Å²) in [5, 5.41) is 20.5. The predicted molar refractivity (Wildman–Crippen MR) is 156 cm³/mol. The average Bonchev–Trinajstić information content (AvgIpc) is 3.15. The maximum atomic E-state index is 12.3. The van der Waals surface area contributed by atoms with Gasteiger partial charge in [-0.1, -0.05) is 90.4 Å². The zero-order valence-electron chi connectivity index (χ0n) is 24.4. The van der Waals surface area contributed by atoms with Crippen molar-refractivity contribution in [3.05, 3.63) is 22.7 Å². The van der Waals surface area contributed by atoms with Gasteiger partial charge in [-0.15, -0.1) is 0 Å². The minimum absolute atomic E-state index is 0. The molecule has 0 spiro atoms. The summed E-state index contributed by atoms with van der Waals surface area (Å²) in [6.45, 7) is 1.47. The molecule has 1 saturated heterocycles. The van der Waals surface area contributed by atoms with Crippen molar-refractivity contribution in [3.63, 3.8) is 0 Å². The molecule has 0 aliphatic carbocycles. The topological polar surface area (TPSA) is 204 Å². The zero-order chi connectivity index (χ0) is 29.6. The number of nitrogens with zero attached hydrogens (tertiary/aromatic N) is 2. The van der Waals surface area contributed by atoms with E-state index >= 15 is 0 Å². The van der Waals surface area contributed by atoms with Crippen LogP contribution >= 0.6 is 15.4 Å². The quantitative estimate of drug-likeness (QED) is 0.0743. The number of ether oxygens (including phenoxy) is 1. The molecule has 1 fully saturated rings. The number of nitrogens with two attached hydrogens (primary N) is 1. The minimum Gasteiger partial charge on any atom is -0.387 e. The third-order valence-electron chi connectivity index (χ3n) is 6.89. The molecule has 1 aliphatic heterocycles. The van der Waals surface area contributed by atoms with Gasteiger partial charge in [-0.2, -0.15) is 4.98 Å². The van der Waals surface area contributed by atoms with Gasteiger partial charge < -0.3 is 30.5 Å². The maximum absolute atomic E-state index is 12.3. The number of aliphatic hydroxyl groups is 2. The normalized spacial score (nSPS) is 23.5. The van der Waals surface area contributed by atoms with E-state index in [1.165, 1.54) is 70.1 Å². The molecule has 1 aromatic rings. The van der Waals surface area contributed by atoms with Crippen LogP contribution in [0.25, 0.3) is 0 Å². The number of nitrogen functional groups attached to an aromatic ring is 1. The second kappa shape index (κ2) is 20.0. The van der Waals surface area contributed by atoms with Gasteiger partial charge in [-0.25, -0.2) is 13.7 Å². The SMILES string of the molecule is CCCCCCCCCCCCCCCCP(=O)(O)OP(=O)(O)OCC1OC(n2ccc(N)nc2=O)C(O)C1O.[Na]. The molecule has 233 valence electrons. The number of aromatic nitrogens is 2. The van der Waals surface area contributed by atoms with Gasteiger partial charge in [-0.3, -0.25) is 13.7 Å². The Balaban J connectivity index is 0.00000840. The fourth-order valence-corrected chi connectivity index (χ4v) is 7.38. The van der Waals surface area contributed by atoms with Crippen LogP contribution in [0.3, 0.4) is 0 Å². The summed E-state index contributed by atoms with van der Waals surface area (Å²) in [6.07, 6.45) is 10.7. The molecular weight excluding hydrogens is 587 g/mol. The first-order chi connectivity index (χ1) is 19.0. The first-order valence-electron chi connectivity index (χ1n) is 14.3. The van der Waals surface area contributed by atoms with Crippen molar-refractivity contribution < 1.29 is 42.7 Å². The number of anilines is 1. The largest absolute Gasteiger partial charge is 0.479 e. The van der Waals surface area contributed by atoms with Crippen LogP contribution in [0.2, 0.25) is 0 Å². The van der Waals surface area contributed by atoms with E-state index in [0.29, 0.717) is 12.8 Å². The molecular formula is C25H47N3NaO10P2. The average molecular weight is 635 g/mol. The van der Waals surface area contributed by atoms with E-state index in [1.54, 1.807) is 0 Å². The molecule has 1 radical (unpaired) electrons. The van der Waals surface area contributed by atoms with E-state index in [4.69, 9.17) is 15.0 Å². The molecule has 2 heterocycles. The minimum atomic E-state index is -4.99. The van der Waals surface area contributed by atoms with E-state index in [9.17, 15) is 33.9 Å². The smallest absolute Gasteiger partial charge is 0.387 e. The Morgan fingerprint density at radius 3 is 1.95 bits per heavy atom. The van der Waals surface area contributed by atoms with Crippen molar-refractivity contribution in [2.45, 2.75) is 121 Å². The van der Waals surface area contributed by atoms with Crippen LogP contribution in [-0.2, 0) is 22.7 Å². The Morgan fingerprint density at radius 1 is 0.927 bits per heavy atom. The molecule has 6 N–H and O–H groups in total. The summed E-state index contributed by atoms with van der Waals surface area (Å²) in [4.78, 5) is 35.5. The van der Waals surface area contributed by atoms with Gasteiger partial charge in [-0.05, 0) is 12.5 Å². The van der Waals surface area contributed by atoms with Gasteiger partial charge >= 0.3 is 21.1 Å². The Labute approximate surface area is 264 Å². The fourth-order valence-electron chi connectivity index (χ4n) is 4.62. The van der Waals surface area contributed by atoms with E-state index in [0.717, 1.165) is 23.8 Å². The van der Waals surface area contributed by atoms with Crippen LogP contribution in [0.4, 0.5) is 5.82 Å². The molecule has 13 nitrogen and oxygen atoms in total. The van der Waals surface area contributed by atoms with E-state index in [2.05, 4.69) is 16.2 Å². The van der Waals surface area contributed by atoms with Gasteiger partial charge in [0.1, 0.15) is 24.1 Å². The van der Waals surface area contributed by atoms with E-state index < -0.39 is 52.3 Å². The monoisotopic (exact) mass is 634 g/mol. The van der Waals surface area contributed by atoms with Gasteiger partial charge in [0.25, 0.3) is 0 Å². The summed E-state index contributed by atoms with van der Waals surface area (Å²) in [5.41, 5.74) is 4.60. The summed E-state index contributed by atoms with van der Waals surface area (Å²) < 4.78 is 40.2. The summed E-state index contributed by atoms with van der Waals surface area (Å²) in [6, 6.07) is 1.29. The molecule has 1 aromatic heterocycles. The number of hydrogen-bond donors (Lipinski definition) is 5. The first-order valence-corrected chi connectivity index (χ1v) is 17.6. The van der Waals surface area contributed by atoms with Crippen molar-refractivity contribution in [1.29, 1.82) is 0 Å². The maximum Gasteiger partial charge on any atom is 0.479 e. The van der Waals surface area contributed by atoms with Crippen molar-refractivity contribution in [1.82, 2.24) is 9.55 Å². The molecule has 6 unspecified atom stereocenters. The second-order valence-corrected chi connectivity index (χ2v) is 14.0. The van der Waals surface area contributed by atoms with Crippen molar-refractivity contribution in [3.8, 4) is 0 Å². The van der Waals surface area contributed by atoms with Crippen LogP contribution < -0.4 is 11.4 Å². The number of hydrogen-bond acceptors (Lipinski definition) is 10. The predicted octanol–water partition coefficient (Wildman–Crippen LogP) is 3.86. The number of rotatable bonds is 21. The number of aliphatic hydroxyl groups excluding tert-OH is 2. The number of phosphoric acid groups is 1. The zero-order valence-corrected chi connectivity index (χ0v) is 28.2. The Morgan fingerprint density at radius 2 is 1.44 bits per heavy atom. The summed E-state index contributed by atoms with van der Waals surface area (Å²) >= 11 is 0. The van der Waals surface area contributed by atoms with E-state index in [-0.39, 0.29) is 41.5 Å².